The minimum Gasteiger partial charge on any atom is -0.480 e. The zero-order valence-electron chi connectivity index (χ0n) is 11.9. The van der Waals surface area contributed by atoms with Crippen LogP contribution in [0.1, 0.15) is 15.9 Å². The number of amides is 1. The molecule has 2 aromatic rings. The van der Waals surface area contributed by atoms with Crippen molar-refractivity contribution in [2.24, 2.45) is 0 Å². The molecule has 8 nitrogen and oxygen atoms in total. The molecule has 1 amide bonds. The molecule has 0 aliphatic carbocycles. The highest BCUT2D eigenvalue weighted by molar-refractivity contribution is 5.96. The molecule has 1 aromatic heterocycles. The van der Waals surface area contributed by atoms with Crippen LogP contribution in [0.25, 0.3) is 0 Å². The summed E-state index contributed by atoms with van der Waals surface area (Å²) >= 11 is 0. The lowest BCUT2D eigenvalue weighted by Crippen LogP contribution is -2.42. The van der Waals surface area contributed by atoms with E-state index in [1.165, 1.54) is 36.7 Å². The average molecular weight is 315 g/mol. The molecular formula is C15H13N3O5. The smallest absolute Gasteiger partial charge is 0.326 e. The highest BCUT2D eigenvalue weighted by Crippen LogP contribution is 2.19. The number of carboxylic acids is 1. The van der Waals surface area contributed by atoms with Gasteiger partial charge in [-0.15, -0.1) is 0 Å². The van der Waals surface area contributed by atoms with Gasteiger partial charge in [0.15, 0.2) is 0 Å². The number of pyridine rings is 1. The predicted molar refractivity (Wildman–Crippen MR) is 79.9 cm³/mol. The Labute approximate surface area is 130 Å². The largest absolute Gasteiger partial charge is 0.480 e. The molecule has 23 heavy (non-hydrogen) atoms. The molecule has 1 aromatic carbocycles. The first-order chi connectivity index (χ1) is 11.0. The van der Waals surface area contributed by atoms with Crippen molar-refractivity contribution in [3.8, 4) is 0 Å². The van der Waals surface area contributed by atoms with Crippen molar-refractivity contribution in [3.63, 3.8) is 0 Å². The van der Waals surface area contributed by atoms with Gasteiger partial charge in [-0.1, -0.05) is 18.2 Å². The molecule has 1 atom stereocenters. The predicted octanol–water partition coefficient (Wildman–Crippen LogP) is 1.42. The van der Waals surface area contributed by atoms with Gasteiger partial charge in [0.05, 0.1) is 10.5 Å². The highest BCUT2D eigenvalue weighted by Gasteiger charge is 2.24. The fourth-order valence-electron chi connectivity index (χ4n) is 2.02. The van der Waals surface area contributed by atoms with Crippen molar-refractivity contribution < 1.29 is 19.6 Å². The molecule has 0 radical (unpaired) electrons. The molecule has 8 heteroatoms. The first-order valence-electron chi connectivity index (χ1n) is 6.65. The number of nitro benzene ring substituents is 1. The van der Waals surface area contributed by atoms with Crippen LogP contribution in [0.15, 0.2) is 48.8 Å². The van der Waals surface area contributed by atoms with E-state index in [2.05, 4.69) is 10.3 Å². The van der Waals surface area contributed by atoms with E-state index in [0.717, 1.165) is 0 Å². The van der Waals surface area contributed by atoms with E-state index in [-0.39, 0.29) is 23.2 Å². The average Bonchev–Trinajstić information content (AvgIpc) is 2.55. The van der Waals surface area contributed by atoms with Crippen LogP contribution < -0.4 is 5.32 Å². The van der Waals surface area contributed by atoms with Crippen LogP contribution in [0.5, 0.6) is 0 Å². The molecule has 2 N–H and O–H groups in total. The zero-order valence-corrected chi connectivity index (χ0v) is 11.9. The van der Waals surface area contributed by atoms with Gasteiger partial charge in [0.1, 0.15) is 6.04 Å². The number of hydrogen-bond acceptors (Lipinski definition) is 5. The van der Waals surface area contributed by atoms with Crippen molar-refractivity contribution in [2.75, 3.05) is 0 Å². The van der Waals surface area contributed by atoms with Crippen LogP contribution in [-0.2, 0) is 11.2 Å². The first kappa shape index (κ1) is 16.1. The minimum atomic E-state index is -1.29. The van der Waals surface area contributed by atoms with Crippen molar-refractivity contribution in [1.29, 1.82) is 0 Å². The third kappa shape index (κ3) is 4.10. The molecule has 0 aliphatic heterocycles. The minimum absolute atomic E-state index is 0.186. The molecular weight excluding hydrogens is 302 g/mol. The van der Waals surface area contributed by atoms with Crippen molar-refractivity contribution in [2.45, 2.75) is 12.5 Å². The standard InChI is InChI=1S/C15H13N3O5/c19-14(11-5-3-7-16-9-11)17-12(15(20)21)8-10-4-1-2-6-13(10)18(22)23/h1-7,9,12H,8H2,(H,17,19)(H,20,21)/t12-/m1/s1. The van der Waals surface area contributed by atoms with E-state index in [4.69, 9.17) is 0 Å². The lowest BCUT2D eigenvalue weighted by molar-refractivity contribution is -0.385. The number of hydrogen-bond donors (Lipinski definition) is 2. The zero-order chi connectivity index (χ0) is 16.8. The summed E-state index contributed by atoms with van der Waals surface area (Å²) in [6.45, 7) is 0. The number of carboxylic acid groups (broad SMARTS) is 1. The molecule has 0 saturated carbocycles. The summed E-state index contributed by atoms with van der Waals surface area (Å²) in [6.07, 6.45) is 2.59. The van der Waals surface area contributed by atoms with Gasteiger partial charge in [0.25, 0.3) is 11.6 Å². The van der Waals surface area contributed by atoms with Crippen LogP contribution in [0.3, 0.4) is 0 Å². The molecule has 0 aliphatic rings. The molecule has 0 bridgehead atoms. The Hall–Kier alpha value is -3.29. The molecule has 118 valence electrons. The summed E-state index contributed by atoms with van der Waals surface area (Å²) in [5.41, 5.74) is 0.257. The fraction of sp³-hybridized carbons (Fsp3) is 0.133. The Bertz CT molecular complexity index is 733. The number of aromatic nitrogens is 1. The summed E-state index contributed by atoms with van der Waals surface area (Å²) in [4.78, 5) is 37.5. The maximum absolute atomic E-state index is 12.0. The van der Waals surface area contributed by atoms with Gasteiger partial charge in [-0.2, -0.15) is 0 Å². The maximum Gasteiger partial charge on any atom is 0.326 e. The van der Waals surface area contributed by atoms with Crippen molar-refractivity contribution in [1.82, 2.24) is 10.3 Å². The summed E-state index contributed by atoms with van der Waals surface area (Å²) in [5, 5.41) is 22.6. The quantitative estimate of drug-likeness (QED) is 0.614. The topological polar surface area (TPSA) is 122 Å². The number of para-hydroxylation sites is 1. The molecule has 0 fully saturated rings. The van der Waals surface area contributed by atoms with E-state index < -0.39 is 22.8 Å². The third-order valence-electron chi connectivity index (χ3n) is 3.14. The van der Waals surface area contributed by atoms with Crippen molar-refractivity contribution in [3.05, 3.63) is 70.0 Å². The van der Waals surface area contributed by atoms with Gasteiger partial charge in [-0.3, -0.25) is 19.9 Å². The lowest BCUT2D eigenvalue weighted by atomic mass is 10.0. The summed E-state index contributed by atoms with van der Waals surface area (Å²) in [6, 6.07) is 7.57. The van der Waals surface area contributed by atoms with E-state index in [1.807, 2.05) is 0 Å². The van der Waals surface area contributed by atoms with E-state index in [1.54, 1.807) is 12.1 Å². The third-order valence-corrected chi connectivity index (χ3v) is 3.14. The second-order valence-corrected chi connectivity index (χ2v) is 4.70. The monoisotopic (exact) mass is 315 g/mol. The molecule has 0 unspecified atom stereocenters. The normalized spacial score (nSPS) is 11.5. The number of nitrogens with one attached hydrogen (secondary N) is 1. The molecule has 1 heterocycles. The van der Waals surface area contributed by atoms with Crippen LogP contribution in [-0.4, -0.2) is 32.9 Å². The number of aliphatic carboxylic acids is 1. The maximum atomic E-state index is 12.0. The number of benzene rings is 1. The number of carbonyl (C=O) groups is 2. The van der Waals surface area contributed by atoms with Crippen LogP contribution >= 0.6 is 0 Å². The van der Waals surface area contributed by atoms with Gasteiger partial charge in [0.2, 0.25) is 0 Å². The molecule has 0 spiro atoms. The first-order valence-corrected chi connectivity index (χ1v) is 6.65. The number of carbonyl (C=O) groups excluding carboxylic acids is 1. The summed E-state index contributed by atoms with van der Waals surface area (Å²) in [5.74, 6) is -1.88. The van der Waals surface area contributed by atoms with Crippen molar-refractivity contribution >= 4 is 17.6 Å². The SMILES string of the molecule is O=C(N[C@H](Cc1ccccc1[N+](=O)[O-])C(=O)O)c1cccnc1. The van der Waals surface area contributed by atoms with Gasteiger partial charge in [0, 0.05) is 30.4 Å². The second kappa shape index (κ2) is 7.12. The second-order valence-electron chi connectivity index (χ2n) is 4.70. The Morgan fingerprint density at radius 2 is 2.00 bits per heavy atom. The van der Waals surface area contributed by atoms with E-state index in [9.17, 15) is 24.8 Å². The number of nitro groups is 1. The van der Waals surface area contributed by atoms with Gasteiger partial charge < -0.3 is 10.4 Å². The van der Waals surface area contributed by atoms with Crippen LogP contribution in [0, 0.1) is 10.1 Å². The van der Waals surface area contributed by atoms with Gasteiger partial charge in [-0.25, -0.2) is 4.79 Å². The highest BCUT2D eigenvalue weighted by atomic mass is 16.6. The van der Waals surface area contributed by atoms with Crippen LogP contribution in [0.2, 0.25) is 0 Å². The number of nitrogens with zero attached hydrogens (tertiary/aromatic N) is 2. The molecule has 2 rings (SSSR count). The number of rotatable bonds is 6. The van der Waals surface area contributed by atoms with E-state index >= 15 is 0 Å². The Morgan fingerprint density at radius 1 is 1.26 bits per heavy atom. The Balaban J connectivity index is 2.19. The fourth-order valence-corrected chi connectivity index (χ4v) is 2.02. The van der Waals surface area contributed by atoms with Gasteiger partial charge in [-0.05, 0) is 12.1 Å². The Kier molecular flexibility index (Phi) is 4.98. The van der Waals surface area contributed by atoms with E-state index in [0.29, 0.717) is 0 Å². The summed E-state index contributed by atoms with van der Waals surface area (Å²) < 4.78 is 0. The van der Waals surface area contributed by atoms with Gasteiger partial charge >= 0.3 is 5.97 Å². The van der Waals surface area contributed by atoms with Crippen LogP contribution in [0.4, 0.5) is 5.69 Å². The molecule has 0 saturated heterocycles. The summed E-state index contributed by atoms with van der Waals surface area (Å²) in [7, 11) is 0. The Morgan fingerprint density at radius 3 is 2.61 bits per heavy atom. The lowest BCUT2D eigenvalue weighted by Gasteiger charge is -2.14.